The molecule has 2 aromatic rings. The van der Waals surface area contributed by atoms with Crippen molar-refractivity contribution in [2.45, 2.75) is 36.5 Å². The summed E-state index contributed by atoms with van der Waals surface area (Å²) in [6, 6.07) is 4.19. The number of aryl methyl sites for hydroxylation is 1. The highest BCUT2D eigenvalue weighted by Crippen LogP contribution is 2.31. The second kappa shape index (κ2) is 11.0. The molecule has 1 aliphatic heterocycles. The van der Waals surface area contributed by atoms with Gasteiger partial charge in [0, 0.05) is 17.8 Å². The van der Waals surface area contributed by atoms with Gasteiger partial charge < -0.3 is 15.5 Å². The van der Waals surface area contributed by atoms with Gasteiger partial charge in [0.2, 0.25) is 0 Å². The normalized spacial score (nSPS) is 13.1. The average molecular weight is 427 g/mol. The van der Waals surface area contributed by atoms with E-state index < -0.39 is 11.9 Å². The Kier molecular flexibility index (Phi) is 8.75. The summed E-state index contributed by atoms with van der Waals surface area (Å²) in [4.78, 5) is 20.9. The van der Waals surface area contributed by atoms with Crippen LogP contribution in [0.15, 0.2) is 23.4 Å². The van der Waals surface area contributed by atoms with Crippen LogP contribution in [0.1, 0.15) is 29.5 Å². The highest BCUT2D eigenvalue weighted by molar-refractivity contribution is 7.98. The summed E-state index contributed by atoms with van der Waals surface area (Å²) in [5.74, 6) is -1.31. The molecule has 0 saturated carbocycles. The number of halogens is 1. The van der Waals surface area contributed by atoms with Gasteiger partial charge >= 0.3 is 11.9 Å². The summed E-state index contributed by atoms with van der Waals surface area (Å²) >= 11 is 8.10. The first-order valence-corrected chi connectivity index (χ1v) is 10.2. The third kappa shape index (κ3) is 7.14. The van der Waals surface area contributed by atoms with E-state index in [1.165, 1.54) is 16.7 Å². The lowest BCUT2D eigenvalue weighted by atomic mass is 9.98. The second-order valence-corrected chi connectivity index (χ2v) is 7.56. The van der Waals surface area contributed by atoms with Gasteiger partial charge in [-0.2, -0.15) is 9.90 Å². The molecule has 0 radical (unpaired) electrons. The zero-order chi connectivity index (χ0) is 20.5. The predicted molar refractivity (Wildman–Crippen MR) is 107 cm³/mol. The molecule has 0 amide bonds. The molecule has 1 aliphatic rings. The van der Waals surface area contributed by atoms with Crippen molar-refractivity contribution in [3.8, 4) is 0 Å². The van der Waals surface area contributed by atoms with Crippen LogP contribution >= 0.6 is 23.4 Å². The topological polar surface area (TPSA) is 117 Å². The predicted octanol–water partition coefficient (Wildman–Crippen LogP) is 2.38. The second-order valence-electron chi connectivity index (χ2n) is 6.16. The van der Waals surface area contributed by atoms with Crippen molar-refractivity contribution in [1.29, 1.82) is 0 Å². The van der Waals surface area contributed by atoms with E-state index in [-0.39, 0.29) is 12.8 Å². The van der Waals surface area contributed by atoms with Gasteiger partial charge in [0.05, 0.1) is 19.0 Å². The molecule has 1 aromatic carbocycles. The van der Waals surface area contributed by atoms with Crippen molar-refractivity contribution in [2.24, 2.45) is 7.05 Å². The highest BCUT2D eigenvalue weighted by atomic mass is 35.5. The fraction of sp³-hybridized carbons (Fsp3) is 0.444. The first kappa shape index (κ1) is 22.2. The molecule has 10 heteroatoms. The molecule has 1 aromatic heterocycles. The van der Waals surface area contributed by atoms with Crippen LogP contribution in [0, 0.1) is 0 Å². The van der Waals surface area contributed by atoms with Gasteiger partial charge in [-0.15, -0.1) is 5.10 Å². The minimum Gasteiger partial charge on any atom is -0.481 e. The van der Waals surface area contributed by atoms with Gasteiger partial charge in [-0.1, -0.05) is 29.4 Å². The van der Waals surface area contributed by atoms with E-state index in [0.717, 1.165) is 41.7 Å². The maximum absolute atomic E-state index is 9.64. The number of nitrogens with one attached hydrogen (secondary N) is 1. The molecule has 0 unspecified atom stereocenters. The van der Waals surface area contributed by atoms with Crippen molar-refractivity contribution in [1.82, 2.24) is 20.3 Å². The zero-order valence-electron chi connectivity index (χ0n) is 15.5. The number of nitrogens with zero attached hydrogens (tertiary/aromatic N) is 3. The Morgan fingerprint density at radius 1 is 1.21 bits per heavy atom. The number of aliphatic carboxylic acids is 2. The van der Waals surface area contributed by atoms with E-state index in [4.69, 9.17) is 21.8 Å². The molecule has 152 valence electrons. The summed E-state index contributed by atoms with van der Waals surface area (Å²) in [6.07, 6.45) is 3.33. The summed E-state index contributed by atoms with van der Waals surface area (Å²) in [6.45, 7) is 2.07. The molecule has 0 bridgehead atoms. The SMILES string of the molecule is Cn1ncc(SCc2c(Cl)ccc3c2CCNCC3)n1.O=C(O)CCC(=O)O. The lowest BCUT2D eigenvalue weighted by Crippen LogP contribution is -2.16. The minimum absolute atomic E-state index is 0.296. The third-order valence-electron chi connectivity index (χ3n) is 4.09. The van der Waals surface area contributed by atoms with Crippen LogP contribution in [0.25, 0.3) is 0 Å². The van der Waals surface area contributed by atoms with Gasteiger partial charge in [0.25, 0.3) is 0 Å². The summed E-state index contributed by atoms with van der Waals surface area (Å²) < 4.78 is 0. The van der Waals surface area contributed by atoms with E-state index in [0.29, 0.717) is 0 Å². The Morgan fingerprint density at radius 3 is 2.50 bits per heavy atom. The number of thioether (sulfide) groups is 1. The molecule has 3 N–H and O–H groups in total. The maximum atomic E-state index is 9.64. The van der Waals surface area contributed by atoms with Crippen LogP contribution in [0.3, 0.4) is 0 Å². The summed E-state index contributed by atoms with van der Waals surface area (Å²) in [5, 5.41) is 29.4. The average Bonchev–Trinajstić information content (AvgIpc) is 2.91. The maximum Gasteiger partial charge on any atom is 0.303 e. The fourth-order valence-electron chi connectivity index (χ4n) is 2.73. The number of rotatable bonds is 6. The van der Waals surface area contributed by atoms with Crippen LogP contribution in [0.2, 0.25) is 5.02 Å². The Morgan fingerprint density at radius 2 is 1.89 bits per heavy atom. The van der Waals surface area contributed by atoms with E-state index in [9.17, 15) is 9.59 Å². The van der Waals surface area contributed by atoms with Crippen LogP contribution in [-0.4, -0.2) is 50.2 Å². The number of hydrogen-bond acceptors (Lipinski definition) is 6. The van der Waals surface area contributed by atoms with Crippen molar-refractivity contribution in [3.63, 3.8) is 0 Å². The molecule has 2 heterocycles. The lowest BCUT2D eigenvalue weighted by Gasteiger charge is -2.13. The smallest absolute Gasteiger partial charge is 0.303 e. The standard InChI is InChI=1S/C14H17ClN4S.C4H6O4/c1-19-17-8-14(18-19)20-9-12-11-5-7-16-6-4-10(11)2-3-13(12)15;5-3(6)1-2-4(7)8/h2-3,8,16H,4-7,9H2,1H3;1-2H2,(H,5,6)(H,7,8). The molecule has 0 spiro atoms. The first-order chi connectivity index (χ1) is 13.4. The van der Waals surface area contributed by atoms with E-state index in [1.54, 1.807) is 22.8 Å². The van der Waals surface area contributed by atoms with Crippen molar-refractivity contribution < 1.29 is 19.8 Å². The Balaban J connectivity index is 0.000000300. The van der Waals surface area contributed by atoms with Crippen LogP contribution in [0.5, 0.6) is 0 Å². The Hall–Kier alpha value is -2.10. The Labute approximate surface area is 172 Å². The molecule has 0 aliphatic carbocycles. The molecule has 28 heavy (non-hydrogen) atoms. The summed E-state index contributed by atoms with van der Waals surface area (Å²) in [5.41, 5.74) is 4.09. The number of hydrogen-bond donors (Lipinski definition) is 3. The van der Waals surface area contributed by atoms with E-state index in [2.05, 4.69) is 21.6 Å². The molecule has 0 fully saturated rings. The van der Waals surface area contributed by atoms with Gasteiger partial charge in [0.1, 0.15) is 5.03 Å². The van der Waals surface area contributed by atoms with Crippen LogP contribution < -0.4 is 5.32 Å². The van der Waals surface area contributed by atoms with Crippen LogP contribution in [0.4, 0.5) is 0 Å². The van der Waals surface area contributed by atoms with Gasteiger partial charge in [-0.05, 0) is 48.7 Å². The van der Waals surface area contributed by atoms with E-state index in [1.807, 2.05) is 13.1 Å². The molecule has 0 atom stereocenters. The van der Waals surface area contributed by atoms with Gasteiger partial charge in [-0.3, -0.25) is 9.59 Å². The molecular formula is C18H23ClN4O4S. The number of benzene rings is 1. The fourth-order valence-corrected chi connectivity index (χ4v) is 3.97. The third-order valence-corrected chi connectivity index (χ3v) is 5.36. The molecule has 3 rings (SSSR count). The number of carboxylic acids is 2. The lowest BCUT2D eigenvalue weighted by molar-refractivity contribution is -0.143. The molecular weight excluding hydrogens is 404 g/mol. The van der Waals surface area contributed by atoms with Crippen molar-refractivity contribution >= 4 is 35.3 Å². The van der Waals surface area contributed by atoms with Crippen LogP contribution in [-0.2, 0) is 35.2 Å². The largest absolute Gasteiger partial charge is 0.481 e. The zero-order valence-corrected chi connectivity index (χ0v) is 17.1. The number of aromatic nitrogens is 3. The van der Waals surface area contributed by atoms with Gasteiger partial charge in [0.15, 0.2) is 0 Å². The quantitative estimate of drug-likeness (QED) is 0.602. The highest BCUT2D eigenvalue weighted by Gasteiger charge is 2.15. The number of carboxylic acid groups (broad SMARTS) is 2. The Bertz CT molecular complexity index is 814. The molecule has 0 saturated heterocycles. The van der Waals surface area contributed by atoms with Crippen molar-refractivity contribution in [3.05, 3.63) is 40.0 Å². The van der Waals surface area contributed by atoms with E-state index >= 15 is 0 Å². The summed E-state index contributed by atoms with van der Waals surface area (Å²) in [7, 11) is 1.83. The van der Waals surface area contributed by atoms with Gasteiger partial charge in [-0.25, -0.2) is 0 Å². The first-order valence-electron chi connectivity index (χ1n) is 8.79. The number of carbonyl (C=O) groups is 2. The van der Waals surface area contributed by atoms with Crippen molar-refractivity contribution in [2.75, 3.05) is 13.1 Å². The number of fused-ring (bicyclic) bond motifs is 1. The minimum atomic E-state index is -1.08. The molecule has 8 nitrogen and oxygen atoms in total. The monoisotopic (exact) mass is 426 g/mol.